The van der Waals surface area contributed by atoms with E-state index in [9.17, 15) is 9.90 Å². The second kappa shape index (κ2) is 7.86. The van der Waals surface area contributed by atoms with Gasteiger partial charge in [-0.2, -0.15) is 5.10 Å². The van der Waals surface area contributed by atoms with E-state index in [0.717, 1.165) is 53.9 Å². The van der Waals surface area contributed by atoms with Crippen LogP contribution in [0.4, 0.5) is 5.69 Å². The Hall–Kier alpha value is -3.12. The molecule has 0 aliphatic carbocycles. The van der Waals surface area contributed by atoms with Gasteiger partial charge in [-0.05, 0) is 43.6 Å². The zero-order valence-electron chi connectivity index (χ0n) is 15.9. The maximum atomic E-state index is 11.2. The van der Waals surface area contributed by atoms with Gasteiger partial charge in [-0.15, -0.1) is 0 Å². The Bertz CT molecular complexity index is 972. The Morgan fingerprint density at radius 3 is 2.46 bits per heavy atom. The van der Waals surface area contributed by atoms with Crippen molar-refractivity contribution in [3.63, 3.8) is 0 Å². The van der Waals surface area contributed by atoms with Gasteiger partial charge in [0.25, 0.3) is 0 Å². The quantitative estimate of drug-likeness (QED) is 0.647. The largest absolute Gasteiger partial charge is 0.507 e. The van der Waals surface area contributed by atoms with Crippen LogP contribution in [0.15, 0.2) is 54.9 Å². The van der Waals surface area contributed by atoms with Crippen LogP contribution in [0.5, 0.6) is 5.75 Å². The van der Waals surface area contributed by atoms with Gasteiger partial charge in [0.15, 0.2) is 0 Å². The number of aromatic hydroxyl groups is 1. The molecule has 0 atom stereocenters. The molecule has 28 heavy (non-hydrogen) atoms. The number of hydrogen-bond acceptors (Lipinski definition) is 4. The number of amides is 1. The number of hydrogen-bond donors (Lipinski definition) is 3. The van der Waals surface area contributed by atoms with Crippen molar-refractivity contribution in [1.82, 2.24) is 15.1 Å². The van der Waals surface area contributed by atoms with Crippen LogP contribution in [0.2, 0.25) is 0 Å². The molecule has 1 aliphatic heterocycles. The lowest BCUT2D eigenvalue weighted by molar-refractivity contribution is -0.114. The molecular weight excluding hydrogens is 352 g/mol. The number of carbonyl (C=O) groups excluding carboxylic acids is 1. The number of nitrogens with one attached hydrogen (secondary N) is 2. The third-order valence-electron chi connectivity index (χ3n) is 5.15. The molecule has 1 amide bonds. The van der Waals surface area contributed by atoms with E-state index in [1.807, 2.05) is 59.5 Å². The predicted molar refractivity (Wildman–Crippen MR) is 110 cm³/mol. The lowest BCUT2D eigenvalue weighted by atomic mass is 9.98. The zero-order chi connectivity index (χ0) is 19.5. The third kappa shape index (κ3) is 3.77. The highest BCUT2D eigenvalue weighted by Crippen LogP contribution is 2.38. The molecule has 1 aromatic heterocycles. The number of rotatable bonds is 4. The summed E-state index contributed by atoms with van der Waals surface area (Å²) in [6.07, 6.45) is 5.97. The van der Waals surface area contributed by atoms with Crippen LogP contribution in [0.25, 0.3) is 22.3 Å². The summed E-state index contributed by atoms with van der Waals surface area (Å²) in [5, 5.41) is 21.6. The van der Waals surface area contributed by atoms with Gasteiger partial charge >= 0.3 is 0 Å². The van der Waals surface area contributed by atoms with E-state index in [-0.39, 0.29) is 11.7 Å². The van der Waals surface area contributed by atoms with Crippen molar-refractivity contribution >= 4 is 11.6 Å². The summed E-state index contributed by atoms with van der Waals surface area (Å²) >= 11 is 0. The summed E-state index contributed by atoms with van der Waals surface area (Å²) in [6, 6.07) is 13.6. The van der Waals surface area contributed by atoms with Crippen LogP contribution in [0.1, 0.15) is 25.8 Å². The van der Waals surface area contributed by atoms with E-state index in [2.05, 4.69) is 15.7 Å². The van der Waals surface area contributed by atoms with Gasteiger partial charge in [0.05, 0.1) is 12.2 Å². The first-order valence-electron chi connectivity index (χ1n) is 9.57. The molecule has 3 N–H and O–H groups in total. The molecule has 1 aliphatic rings. The van der Waals surface area contributed by atoms with Crippen molar-refractivity contribution < 1.29 is 9.90 Å². The van der Waals surface area contributed by atoms with Crippen LogP contribution in [0, 0.1) is 0 Å². The van der Waals surface area contributed by atoms with Gasteiger partial charge in [-0.1, -0.05) is 30.3 Å². The predicted octanol–water partition coefficient (Wildman–Crippen LogP) is 3.81. The molecule has 0 bridgehead atoms. The smallest absolute Gasteiger partial charge is 0.221 e. The topological polar surface area (TPSA) is 79.2 Å². The molecule has 3 aromatic rings. The molecule has 6 nitrogen and oxygen atoms in total. The number of carbonyl (C=O) groups is 1. The van der Waals surface area contributed by atoms with E-state index in [4.69, 9.17) is 0 Å². The van der Waals surface area contributed by atoms with Crippen molar-refractivity contribution in [3.8, 4) is 28.0 Å². The molecule has 2 aromatic carbocycles. The van der Waals surface area contributed by atoms with Gasteiger partial charge in [-0.25, -0.2) is 0 Å². The lowest BCUT2D eigenvalue weighted by Crippen LogP contribution is -2.29. The standard InChI is InChI=1S/C22H24N4O2/c1-15(27)25-18-7-5-16(6-8-18)20-3-2-4-21(22(20)28)17-13-24-26(14-17)19-9-11-23-12-10-19/h2-8,13-14,19,23,28H,9-12H2,1H3,(H,25,27). The summed E-state index contributed by atoms with van der Waals surface area (Å²) in [5.74, 6) is 0.128. The molecule has 6 heteroatoms. The van der Waals surface area contributed by atoms with Gasteiger partial charge in [-0.3, -0.25) is 9.48 Å². The number of phenols is 1. The van der Waals surface area contributed by atoms with Gasteiger partial charge in [0.2, 0.25) is 5.91 Å². The van der Waals surface area contributed by atoms with E-state index < -0.39 is 0 Å². The highest BCUT2D eigenvalue weighted by molar-refractivity contribution is 5.89. The Balaban J connectivity index is 1.62. The van der Waals surface area contributed by atoms with Gasteiger partial charge in [0, 0.05) is 35.5 Å². The number of anilines is 1. The minimum Gasteiger partial charge on any atom is -0.507 e. The van der Waals surface area contributed by atoms with E-state index in [0.29, 0.717) is 6.04 Å². The maximum absolute atomic E-state index is 11.2. The Kier molecular flexibility index (Phi) is 5.12. The summed E-state index contributed by atoms with van der Waals surface area (Å²) in [6.45, 7) is 3.50. The fraction of sp³-hybridized carbons (Fsp3) is 0.273. The summed E-state index contributed by atoms with van der Waals surface area (Å²) in [4.78, 5) is 11.2. The number of aromatic nitrogens is 2. The normalized spacial score (nSPS) is 14.8. The second-order valence-corrected chi connectivity index (χ2v) is 7.15. The average Bonchev–Trinajstić information content (AvgIpc) is 3.19. The summed E-state index contributed by atoms with van der Waals surface area (Å²) in [7, 11) is 0. The molecule has 0 unspecified atom stereocenters. The number of nitrogens with zero attached hydrogens (tertiary/aromatic N) is 2. The molecule has 2 heterocycles. The number of phenolic OH excluding ortho intramolecular Hbond substituents is 1. The first-order chi connectivity index (χ1) is 13.6. The first kappa shape index (κ1) is 18.3. The van der Waals surface area contributed by atoms with Crippen molar-refractivity contribution in [2.45, 2.75) is 25.8 Å². The zero-order valence-corrected chi connectivity index (χ0v) is 15.9. The molecule has 0 radical (unpaired) electrons. The molecule has 0 spiro atoms. The second-order valence-electron chi connectivity index (χ2n) is 7.15. The van der Waals surface area contributed by atoms with Crippen LogP contribution in [0.3, 0.4) is 0 Å². The van der Waals surface area contributed by atoms with Crippen molar-refractivity contribution in [3.05, 3.63) is 54.9 Å². The van der Waals surface area contributed by atoms with E-state index >= 15 is 0 Å². The molecule has 144 valence electrons. The minimum absolute atomic E-state index is 0.108. The van der Waals surface area contributed by atoms with Gasteiger partial charge < -0.3 is 15.7 Å². The molecule has 4 rings (SSSR count). The van der Waals surface area contributed by atoms with E-state index in [1.165, 1.54) is 6.92 Å². The lowest BCUT2D eigenvalue weighted by Gasteiger charge is -2.22. The third-order valence-corrected chi connectivity index (χ3v) is 5.15. The van der Waals surface area contributed by atoms with Gasteiger partial charge in [0.1, 0.15) is 5.75 Å². The fourth-order valence-electron chi connectivity index (χ4n) is 3.69. The summed E-state index contributed by atoms with van der Waals surface area (Å²) < 4.78 is 2.02. The first-order valence-corrected chi connectivity index (χ1v) is 9.57. The minimum atomic E-state index is -0.108. The highest BCUT2D eigenvalue weighted by Gasteiger charge is 2.18. The van der Waals surface area contributed by atoms with Crippen LogP contribution in [-0.2, 0) is 4.79 Å². The number of para-hydroxylation sites is 1. The number of benzene rings is 2. The maximum Gasteiger partial charge on any atom is 0.221 e. The SMILES string of the molecule is CC(=O)Nc1ccc(-c2cccc(-c3cnn(C4CCNCC4)c3)c2O)cc1. The van der Waals surface area contributed by atoms with Crippen LogP contribution >= 0.6 is 0 Å². The van der Waals surface area contributed by atoms with E-state index in [1.54, 1.807) is 0 Å². The van der Waals surface area contributed by atoms with Crippen molar-refractivity contribution in [2.75, 3.05) is 18.4 Å². The Morgan fingerprint density at radius 1 is 1.11 bits per heavy atom. The average molecular weight is 376 g/mol. The van der Waals surface area contributed by atoms with Crippen LogP contribution in [-0.4, -0.2) is 33.9 Å². The molecule has 1 fully saturated rings. The summed E-state index contributed by atoms with van der Waals surface area (Å²) in [5.41, 5.74) is 4.05. The highest BCUT2D eigenvalue weighted by atomic mass is 16.3. The monoisotopic (exact) mass is 376 g/mol. The fourth-order valence-corrected chi connectivity index (χ4v) is 3.69. The Labute approximate surface area is 164 Å². The number of piperidine rings is 1. The molecule has 0 saturated carbocycles. The molecular formula is C22H24N4O2. The van der Waals surface area contributed by atoms with Crippen molar-refractivity contribution in [1.29, 1.82) is 0 Å². The van der Waals surface area contributed by atoms with Crippen LogP contribution < -0.4 is 10.6 Å². The van der Waals surface area contributed by atoms with Crippen molar-refractivity contribution in [2.24, 2.45) is 0 Å². The Morgan fingerprint density at radius 2 is 1.79 bits per heavy atom. The molecule has 1 saturated heterocycles.